The molecule has 1 unspecified atom stereocenters. The van der Waals surface area contributed by atoms with E-state index in [1.807, 2.05) is 58.1 Å². The maximum Gasteiger partial charge on any atom is 0.329 e. The van der Waals surface area contributed by atoms with Gasteiger partial charge in [-0.3, -0.25) is 19.2 Å². The van der Waals surface area contributed by atoms with E-state index in [2.05, 4.69) is 12.0 Å². The summed E-state index contributed by atoms with van der Waals surface area (Å²) in [5.74, 6) is -5.24. The van der Waals surface area contributed by atoms with Crippen molar-refractivity contribution in [3.05, 3.63) is 47.6 Å². The molecule has 0 spiro atoms. The highest BCUT2D eigenvalue weighted by molar-refractivity contribution is 6.39. The first-order chi connectivity index (χ1) is 33.8. The van der Waals surface area contributed by atoms with Gasteiger partial charge in [0.1, 0.15) is 30.5 Å². The number of allylic oxidation sites excluding steroid dienone is 6. The van der Waals surface area contributed by atoms with Gasteiger partial charge < -0.3 is 48.3 Å². The maximum atomic E-state index is 14.5. The molecule has 2 saturated heterocycles. The largest absolute Gasteiger partial charge is 0.460 e. The first kappa shape index (κ1) is 59.6. The highest BCUT2D eigenvalue weighted by atomic mass is 16.6. The van der Waals surface area contributed by atoms with E-state index in [1.165, 1.54) is 12.0 Å². The van der Waals surface area contributed by atoms with E-state index in [0.29, 0.717) is 63.7 Å². The van der Waals surface area contributed by atoms with Crippen LogP contribution in [0.2, 0.25) is 0 Å². The molecule has 4 aliphatic rings. The lowest BCUT2D eigenvalue weighted by atomic mass is 9.78. The summed E-state index contributed by atoms with van der Waals surface area (Å²) in [6.45, 7) is 15.3. The first-order valence-electron chi connectivity index (χ1n) is 25.9. The molecule has 1 aliphatic carbocycles. The third kappa shape index (κ3) is 16.8. The number of nitrogens with zero attached hydrogens (tertiary/aromatic N) is 1. The number of methoxy groups -OCH3 is 3. The summed E-state index contributed by atoms with van der Waals surface area (Å²) in [7, 11) is 4.68. The average Bonchev–Trinajstić information content (AvgIpc) is 3.35. The Balaban J connectivity index is 1.71. The van der Waals surface area contributed by atoms with Gasteiger partial charge in [-0.2, -0.15) is 0 Å². The molecule has 1 saturated carbocycles. The van der Waals surface area contributed by atoms with Gasteiger partial charge in [0, 0.05) is 65.4 Å². The summed E-state index contributed by atoms with van der Waals surface area (Å²) in [5.41, 5.74) is 1.13. The van der Waals surface area contributed by atoms with Crippen LogP contribution in [0, 0.1) is 47.5 Å². The van der Waals surface area contributed by atoms with Gasteiger partial charge in [0.05, 0.1) is 37.6 Å². The number of amides is 1. The Morgan fingerprint density at radius 2 is 1.63 bits per heavy atom. The van der Waals surface area contributed by atoms with Gasteiger partial charge in [-0.1, -0.05) is 77.0 Å². The predicted octanol–water partition coefficient (Wildman–Crippen LogP) is 7.20. The van der Waals surface area contributed by atoms with E-state index in [-0.39, 0.29) is 67.3 Å². The zero-order chi connectivity index (χ0) is 52.4. The average molecular weight is 996 g/mol. The van der Waals surface area contributed by atoms with E-state index in [9.17, 15) is 34.2 Å². The molecule has 1 amide bonds. The Hall–Kier alpha value is -4.01. The number of fused-ring (bicyclic) bond motifs is 3. The molecule has 15 nitrogen and oxygen atoms in total. The third-order valence-corrected chi connectivity index (χ3v) is 15.1. The number of ether oxygens (including phenoxy) is 7. The second-order valence-electron chi connectivity index (χ2n) is 20.7. The van der Waals surface area contributed by atoms with Crippen molar-refractivity contribution in [1.29, 1.82) is 0 Å². The summed E-state index contributed by atoms with van der Waals surface area (Å²) < 4.78 is 41.2. The lowest BCUT2D eigenvalue weighted by molar-refractivity contribution is -0.265. The number of Topliss-reactive ketones (excluding diaryl/α,β-unsaturated/α-hetero) is 3. The molecular formula is C56H85NO14. The van der Waals surface area contributed by atoms with Crippen LogP contribution in [-0.4, -0.2) is 140 Å². The van der Waals surface area contributed by atoms with Crippen molar-refractivity contribution in [2.45, 2.75) is 187 Å². The van der Waals surface area contributed by atoms with Crippen LogP contribution in [0.3, 0.4) is 0 Å². The van der Waals surface area contributed by atoms with Gasteiger partial charge in [-0.15, -0.1) is 0 Å². The molecule has 71 heavy (non-hydrogen) atoms. The molecule has 15 heteroatoms. The number of aliphatic hydroxyl groups excluding tert-OH is 1. The van der Waals surface area contributed by atoms with Crippen LogP contribution in [0.4, 0.5) is 0 Å². The molecule has 4 rings (SSSR count). The molecule has 0 aromatic carbocycles. The highest BCUT2D eigenvalue weighted by Crippen LogP contribution is 2.38. The van der Waals surface area contributed by atoms with Crippen LogP contribution in [0.15, 0.2) is 47.6 Å². The Morgan fingerprint density at radius 3 is 2.32 bits per heavy atom. The number of piperidine rings is 1. The molecule has 0 aromatic rings. The van der Waals surface area contributed by atoms with Crippen molar-refractivity contribution in [2.24, 2.45) is 35.5 Å². The Bertz CT molecular complexity index is 1970. The fourth-order valence-electron chi connectivity index (χ4n) is 10.6. The van der Waals surface area contributed by atoms with Gasteiger partial charge in [-0.25, -0.2) is 4.79 Å². The lowest BCUT2D eigenvalue weighted by Gasteiger charge is -2.42. The van der Waals surface area contributed by atoms with Crippen LogP contribution in [-0.2, 0) is 57.1 Å². The number of cyclic esters (lactones) is 1. The van der Waals surface area contributed by atoms with Gasteiger partial charge in [0.25, 0.3) is 11.7 Å². The van der Waals surface area contributed by atoms with Gasteiger partial charge in [-0.05, 0) is 107 Å². The first-order valence-corrected chi connectivity index (χ1v) is 25.9. The molecule has 3 aliphatic heterocycles. The number of rotatable bonds is 10. The van der Waals surface area contributed by atoms with E-state index in [4.69, 9.17) is 33.2 Å². The molecular weight excluding hydrogens is 911 g/mol. The highest BCUT2D eigenvalue weighted by Gasteiger charge is 2.53. The Morgan fingerprint density at radius 1 is 0.887 bits per heavy atom. The zero-order valence-corrected chi connectivity index (χ0v) is 44.4. The summed E-state index contributed by atoms with van der Waals surface area (Å²) in [6.07, 6.45) is 14.5. The lowest BCUT2D eigenvalue weighted by Crippen LogP contribution is -2.61. The minimum atomic E-state index is -2.47. The molecule has 2 bridgehead atoms. The van der Waals surface area contributed by atoms with Crippen molar-refractivity contribution in [3.8, 4) is 12.0 Å². The monoisotopic (exact) mass is 996 g/mol. The second kappa shape index (κ2) is 29.0. The zero-order valence-electron chi connectivity index (χ0n) is 44.4. The molecule has 2 N–H and O–H groups in total. The van der Waals surface area contributed by atoms with Crippen LogP contribution in [0.25, 0.3) is 0 Å². The molecule has 0 radical (unpaired) electrons. The molecule has 3 fully saturated rings. The summed E-state index contributed by atoms with van der Waals surface area (Å²) in [6, 6.07) is -1.15. The van der Waals surface area contributed by atoms with Crippen molar-refractivity contribution < 1.29 is 67.3 Å². The predicted molar refractivity (Wildman–Crippen MR) is 268 cm³/mol. The SMILES string of the molecule is CC#CO[C@H]1C[C@@H]2CC[C@@H](C)[C@@](O)(O2)C(=O)C(=O)N2CCCC[C@H]2C(=O)O[C@H]([C@H](C)C[C@@H]2CC[C@H](OCCOC)[C@H](OC)C2)CC(=O)C(C)=CC(C)[C@@H](O)[C@@H](OC)C(=O)[C@H](C)C[C@H](C)C=CC=CC=C1C. The fraction of sp³-hybridized carbons (Fsp3) is 0.732. The van der Waals surface area contributed by atoms with Crippen molar-refractivity contribution in [1.82, 2.24) is 4.90 Å². The summed E-state index contributed by atoms with van der Waals surface area (Å²) in [4.78, 5) is 72.5. The van der Waals surface area contributed by atoms with Crippen LogP contribution in [0.5, 0.6) is 0 Å². The molecule has 398 valence electrons. The number of ketones is 3. The molecule has 3 heterocycles. The number of hydrogen-bond acceptors (Lipinski definition) is 14. The fourth-order valence-corrected chi connectivity index (χ4v) is 10.6. The van der Waals surface area contributed by atoms with Crippen molar-refractivity contribution in [3.63, 3.8) is 0 Å². The van der Waals surface area contributed by atoms with Crippen molar-refractivity contribution >= 4 is 29.2 Å². The molecule has 15 atom stereocenters. The molecule has 0 aromatic heterocycles. The Labute approximate surface area is 423 Å². The van der Waals surface area contributed by atoms with Crippen LogP contribution < -0.4 is 0 Å². The minimum absolute atomic E-state index is 0.00312. The maximum absolute atomic E-state index is 14.5. The summed E-state index contributed by atoms with van der Waals surface area (Å²) >= 11 is 0. The van der Waals surface area contributed by atoms with Gasteiger partial charge in [0.15, 0.2) is 11.6 Å². The van der Waals surface area contributed by atoms with Crippen molar-refractivity contribution in [2.75, 3.05) is 41.1 Å². The number of carbonyl (C=O) groups is 5. The third-order valence-electron chi connectivity index (χ3n) is 15.1. The number of esters is 1. The normalized spacial score (nSPS) is 35.4. The van der Waals surface area contributed by atoms with E-state index >= 15 is 0 Å². The second-order valence-corrected chi connectivity index (χ2v) is 20.7. The van der Waals surface area contributed by atoms with E-state index < -0.39 is 77.8 Å². The van der Waals surface area contributed by atoms with Gasteiger partial charge in [0.2, 0.25) is 5.79 Å². The quantitative estimate of drug-likeness (QED) is 0.0966. The minimum Gasteiger partial charge on any atom is -0.460 e. The number of carbonyl (C=O) groups excluding carboxylic acids is 5. The Kier molecular flexibility index (Phi) is 24.3. The smallest absolute Gasteiger partial charge is 0.329 e. The summed E-state index contributed by atoms with van der Waals surface area (Å²) in [5, 5.41) is 23.6. The van der Waals surface area contributed by atoms with Crippen LogP contribution in [0.1, 0.15) is 132 Å². The van der Waals surface area contributed by atoms with E-state index in [1.54, 1.807) is 48.0 Å². The number of hydrogen-bond donors (Lipinski definition) is 2. The topological polar surface area (TPSA) is 194 Å². The number of aliphatic hydroxyl groups is 2. The van der Waals surface area contributed by atoms with Gasteiger partial charge >= 0.3 is 5.97 Å². The van der Waals surface area contributed by atoms with E-state index in [0.717, 1.165) is 18.4 Å². The van der Waals surface area contributed by atoms with Crippen LogP contribution >= 0.6 is 0 Å². The standard InChI is InChI=1S/C56H85NO14/c1-12-26-68-47-33-43-23-21-41(8)56(64,71-43)53(61)54(62)57-25-17-16-20-44(57)55(63)70-48(38(5)31-42-22-24-46(49(32-42)66-10)69-28-27-65-9)34-45(58)37(4)30-40(7)51(60)52(67-11)50(59)39(6)29-35(2)18-14-13-15-19-36(47)3/h13-15,18-19,30,35,38-44,46-49,51-52,60,64H,16-17,20-25,27-29,31-34H2,1-11H3/t35-,38-,39-,40?,41-,42+,43+,44+,46+,47+,48+,49-,51-,52+,56-/m1/s1.